The molecule has 0 saturated carbocycles. The molecule has 0 fully saturated rings. The Morgan fingerprint density at radius 3 is 2.20 bits per heavy atom. The van der Waals surface area contributed by atoms with Crippen LogP contribution in [0.5, 0.6) is 5.75 Å². The molecule has 0 spiro atoms. The number of nitrogens with one attached hydrogen (secondary N) is 2. The van der Waals surface area contributed by atoms with Crippen molar-refractivity contribution in [3.05, 3.63) is 101 Å². The molecule has 40 heavy (non-hydrogen) atoms. The molecule has 1 aromatic heterocycles. The van der Waals surface area contributed by atoms with Gasteiger partial charge in [0.1, 0.15) is 22.9 Å². The first kappa shape index (κ1) is 29.9. The van der Waals surface area contributed by atoms with Gasteiger partial charge in [-0.2, -0.15) is 0 Å². The summed E-state index contributed by atoms with van der Waals surface area (Å²) in [5, 5.41) is 12.0. The Bertz CT molecular complexity index is 1550. The lowest BCUT2D eigenvalue weighted by atomic mass is 10.1. The van der Waals surface area contributed by atoms with Gasteiger partial charge in [-0.15, -0.1) is 12.4 Å². The van der Waals surface area contributed by atoms with Crippen LogP contribution in [0.1, 0.15) is 58.6 Å². The largest absolute Gasteiger partial charge is 0.456 e. The molecule has 0 bridgehead atoms. The number of carbonyl (C=O) groups excluding carboxylic acids is 3. The van der Waals surface area contributed by atoms with E-state index in [1.165, 1.54) is 6.07 Å². The summed E-state index contributed by atoms with van der Waals surface area (Å²) >= 11 is 0. The van der Waals surface area contributed by atoms with Crippen molar-refractivity contribution < 1.29 is 28.3 Å². The topological polar surface area (TPSA) is 145 Å². The summed E-state index contributed by atoms with van der Waals surface area (Å²) < 4.78 is 16.3. The highest BCUT2D eigenvalue weighted by molar-refractivity contribution is 5.99. The zero-order valence-electron chi connectivity index (χ0n) is 22.3. The van der Waals surface area contributed by atoms with E-state index in [-0.39, 0.29) is 42.9 Å². The number of hydrogen-bond acceptors (Lipinski definition) is 7. The van der Waals surface area contributed by atoms with Gasteiger partial charge in [-0.3, -0.25) is 10.2 Å². The second-order valence-electron chi connectivity index (χ2n) is 9.95. The van der Waals surface area contributed by atoms with E-state index < -0.39 is 17.5 Å². The number of nitrogens with two attached hydrogens (primary N) is 1. The highest BCUT2D eigenvalue weighted by Crippen LogP contribution is 2.23. The molecule has 0 aliphatic rings. The second kappa shape index (κ2) is 12.5. The molecule has 4 aromatic rings. The SMILES string of the molecule is CC(C)(C)OC(=O)c1ccc(CC(=O)NCc2ccc(C(=O)Oc3ccc4cc(C(=N)N)ccc4c3)o2)cc1.Cl. The zero-order valence-corrected chi connectivity index (χ0v) is 23.1. The van der Waals surface area contributed by atoms with Crippen molar-refractivity contribution in [2.24, 2.45) is 5.73 Å². The van der Waals surface area contributed by atoms with Gasteiger partial charge in [-0.25, -0.2) is 9.59 Å². The van der Waals surface area contributed by atoms with E-state index in [9.17, 15) is 14.4 Å². The van der Waals surface area contributed by atoms with Crippen molar-refractivity contribution in [2.45, 2.75) is 39.3 Å². The molecule has 0 atom stereocenters. The summed E-state index contributed by atoms with van der Waals surface area (Å²) in [6.07, 6.45) is 0.111. The van der Waals surface area contributed by atoms with Crippen molar-refractivity contribution in [2.75, 3.05) is 0 Å². The number of halogens is 1. The summed E-state index contributed by atoms with van der Waals surface area (Å²) in [6, 6.07) is 20.2. The van der Waals surface area contributed by atoms with Gasteiger partial charge < -0.3 is 24.9 Å². The normalized spacial score (nSPS) is 10.9. The summed E-state index contributed by atoms with van der Waals surface area (Å²) in [5.41, 5.74) is 6.70. The lowest BCUT2D eigenvalue weighted by molar-refractivity contribution is -0.120. The molecule has 0 aliphatic carbocycles. The number of esters is 2. The number of carbonyl (C=O) groups is 3. The Kier molecular flexibility index (Phi) is 9.34. The number of amides is 1. The van der Waals surface area contributed by atoms with Crippen molar-refractivity contribution in [3.8, 4) is 5.75 Å². The van der Waals surface area contributed by atoms with Gasteiger partial charge in [-0.1, -0.05) is 30.3 Å². The summed E-state index contributed by atoms with van der Waals surface area (Å²) in [4.78, 5) is 37.1. The van der Waals surface area contributed by atoms with Crippen molar-refractivity contribution in [1.82, 2.24) is 5.32 Å². The first-order valence-electron chi connectivity index (χ1n) is 12.2. The average Bonchev–Trinajstić information content (AvgIpc) is 3.36. The highest BCUT2D eigenvalue weighted by atomic mass is 35.5. The lowest BCUT2D eigenvalue weighted by Crippen LogP contribution is -2.25. The maximum atomic E-state index is 12.6. The van der Waals surface area contributed by atoms with Gasteiger partial charge in [0.15, 0.2) is 0 Å². The van der Waals surface area contributed by atoms with E-state index in [2.05, 4.69) is 5.32 Å². The third kappa shape index (κ3) is 7.94. The number of benzene rings is 3. The van der Waals surface area contributed by atoms with Crippen LogP contribution < -0.4 is 15.8 Å². The standard InChI is InChI=1S/C30H29N3O6.ClH/c1-30(2,3)39-28(35)19-6-4-18(5-7-19)14-26(34)33-17-24-12-13-25(37-24)29(36)38-23-11-10-20-15-22(27(31)32)9-8-21(20)16-23;/h4-13,15-16H,14,17H2,1-3H3,(H3,31,32)(H,33,34);1H. The van der Waals surface area contributed by atoms with E-state index in [1.807, 2.05) is 0 Å². The predicted molar refractivity (Wildman–Crippen MR) is 153 cm³/mol. The quantitative estimate of drug-likeness (QED) is 0.116. The van der Waals surface area contributed by atoms with E-state index in [1.54, 1.807) is 87.5 Å². The van der Waals surface area contributed by atoms with Gasteiger partial charge in [0.2, 0.25) is 11.7 Å². The Labute approximate surface area is 237 Å². The number of fused-ring (bicyclic) bond motifs is 1. The second-order valence-corrected chi connectivity index (χ2v) is 9.95. The van der Waals surface area contributed by atoms with Gasteiger partial charge in [0.25, 0.3) is 0 Å². The van der Waals surface area contributed by atoms with Gasteiger partial charge >= 0.3 is 11.9 Å². The Hall–Kier alpha value is -4.63. The van der Waals surface area contributed by atoms with Crippen LogP contribution in [0.3, 0.4) is 0 Å². The monoisotopic (exact) mass is 563 g/mol. The maximum absolute atomic E-state index is 12.6. The molecule has 9 nitrogen and oxygen atoms in total. The molecule has 0 unspecified atom stereocenters. The van der Waals surface area contributed by atoms with E-state index >= 15 is 0 Å². The molecule has 1 amide bonds. The number of hydrogen-bond donors (Lipinski definition) is 3. The molecule has 3 aromatic carbocycles. The summed E-state index contributed by atoms with van der Waals surface area (Å²) in [7, 11) is 0. The van der Waals surface area contributed by atoms with Crippen LogP contribution in [0.15, 0.2) is 77.2 Å². The minimum atomic E-state index is -0.669. The fourth-order valence-corrected chi connectivity index (χ4v) is 3.72. The number of amidine groups is 1. The fourth-order valence-electron chi connectivity index (χ4n) is 3.72. The van der Waals surface area contributed by atoms with Crippen LogP contribution in [-0.4, -0.2) is 29.3 Å². The summed E-state index contributed by atoms with van der Waals surface area (Å²) in [6.45, 7) is 5.49. The predicted octanol–water partition coefficient (Wildman–Crippen LogP) is 5.17. The van der Waals surface area contributed by atoms with Crippen molar-refractivity contribution in [3.63, 3.8) is 0 Å². The zero-order chi connectivity index (χ0) is 28.2. The molecule has 208 valence electrons. The van der Waals surface area contributed by atoms with E-state index in [0.717, 1.165) is 16.3 Å². The minimum Gasteiger partial charge on any atom is -0.456 e. The Morgan fingerprint density at radius 1 is 0.875 bits per heavy atom. The molecular formula is C30H30ClN3O6. The average molecular weight is 564 g/mol. The summed E-state index contributed by atoms with van der Waals surface area (Å²) in [5.74, 6) is -0.621. The van der Waals surface area contributed by atoms with Crippen LogP contribution in [0.2, 0.25) is 0 Å². The van der Waals surface area contributed by atoms with Gasteiger partial charge in [0, 0.05) is 5.56 Å². The third-order valence-electron chi connectivity index (χ3n) is 5.61. The Morgan fingerprint density at radius 2 is 1.52 bits per heavy atom. The van der Waals surface area contributed by atoms with Crippen LogP contribution in [0, 0.1) is 5.41 Å². The number of nitrogen functional groups attached to an aromatic ring is 1. The lowest BCUT2D eigenvalue weighted by Gasteiger charge is -2.19. The first-order valence-corrected chi connectivity index (χ1v) is 12.2. The molecule has 1 heterocycles. The van der Waals surface area contributed by atoms with Crippen LogP contribution in [0.25, 0.3) is 10.8 Å². The third-order valence-corrected chi connectivity index (χ3v) is 5.61. The molecule has 0 radical (unpaired) electrons. The Balaban J connectivity index is 0.00000441. The van der Waals surface area contributed by atoms with Gasteiger partial charge in [-0.05, 0) is 79.6 Å². The molecular weight excluding hydrogens is 534 g/mol. The van der Waals surface area contributed by atoms with Crippen LogP contribution >= 0.6 is 12.4 Å². The number of ether oxygens (including phenoxy) is 2. The number of rotatable bonds is 8. The first-order chi connectivity index (χ1) is 18.5. The molecule has 4 rings (SSSR count). The minimum absolute atomic E-state index is 0. The van der Waals surface area contributed by atoms with E-state index in [4.69, 9.17) is 25.0 Å². The number of furan rings is 1. The van der Waals surface area contributed by atoms with Crippen molar-refractivity contribution in [1.29, 1.82) is 5.41 Å². The molecule has 4 N–H and O–H groups in total. The van der Waals surface area contributed by atoms with Gasteiger partial charge in [0.05, 0.1) is 18.5 Å². The maximum Gasteiger partial charge on any atom is 0.379 e. The van der Waals surface area contributed by atoms with Crippen LogP contribution in [0.4, 0.5) is 0 Å². The van der Waals surface area contributed by atoms with Crippen molar-refractivity contribution >= 4 is 46.9 Å². The molecule has 0 saturated heterocycles. The van der Waals surface area contributed by atoms with Crippen LogP contribution in [-0.2, 0) is 22.5 Å². The smallest absolute Gasteiger partial charge is 0.379 e. The highest BCUT2D eigenvalue weighted by Gasteiger charge is 2.18. The fraction of sp³-hybridized carbons (Fsp3) is 0.200. The molecule has 0 aliphatic heterocycles. The van der Waals surface area contributed by atoms with E-state index in [0.29, 0.717) is 22.6 Å². The molecule has 10 heteroatoms.